The number of allylic oxidation sites excluding steroid dienone is 2. The molecule has 0 radical (unpaired) electrons. The van der Waals surface area contributed by atoms with Crippen LogP contribution in [0.15, 0.2) is 59.8 Å². The van der Waals surface area contributed by atoms with Crippen LogP contribution in [0.5, 0.6) is 5.75 Å². The number of hydrogen-bond donors (Lipinski definition) is 1. The number of nitrogens with zero attached hydrogens (tertiary/aromatic N) is 3. The molecule has 1 atom stereocenters. The number of methoxy groups -OCH3 is 1. The summed E-state index contributed by atoms with van der Waals surface area (Å²) in [4.78, 5) is 17.6. The van der Waals surface area contributed by atoms with E-state index >= 15 is 0 Å². The van der Waals surface area contributed by atoms with Crippen LogP contribution >= 0.6 is 11.6 Å². The summed E-state index contributed by atoms with van der Waals surface area (Å²) in [5.41, 5.74) is 3.43. The molecule has 6 nitrogen and oxygen atoms in total. The molecule has 0 unspecified atom stereocenters. The number of aromatic nitrogens is 3. The van der Waals surface area contributed by atoms with E-state index < -0.39 is 0 Å². The van der Waals surface area contributed by atoms with Gasteiger partial charge in [-0.15, -0.1) is 5.10 Å². The third-order valence-corrected chi connectivity index (χ3v) is 5.74. The van der Waals surface area contributed by atoms with Gasteiger partial charge in [0.2, 0.25) is 5.95 Å². The quantitative estimate of drug-likeness (QED) is 0.686. The monoisotopic (exact) mass is 406 g/mol. The topological polar surface area (TPSA) is 69.0 Å². The van der Waals surface area contributed by atoms with Crippen molar-refractivity contribution < 1.29 is 9.53 Å². The maximum absolute atomic E-state index is 12.9. The Balaban J connectivity index is 1.67. The number of ether oxygens (including phenoxy) is 1. The third kappa shape index (κ3) is 3.00. The number of hydrogen-bond acceptors (Lipinski definition) is 5. The molecule has 2 aliphatic rings. The Morgan fingerprint density at radius 1 is 1.14 bits per heavy atom. The van der Waals surface area contributed by atoms with E-state index in [1.165, 1.54) is 0 Å². The highest BCUT2D eigenvalue weighted by Crippen LogP contribution is 2.41. The Kier molecular flexibility index (Phi) is 4.36. The molecule has 0 saturated carbocycles. The lowest BCUT2D eigenvalue weighted by molar-refractivity contribution is -0.116. The van der Waals surface area contributed by atoms with E-state index in [0.717, 1.165) is 41.0 Å². The molecular weight excluding hydrogens is 388 g/mol. The van der Waals surface area contributed by atoms with Crippen molar-refractivity contribution in [3.63, 3.8) is 0 Å². The van der Waals surface area contributed by atoms with E-state index in [0.29, 0.717) is 23.2 Å². The molecule has 0 saturated heterocycles. The molecule has 1 aliphatic heterocycles. The van der Waals surface area contributed by atoms with Gasteiger partial charge in [-0.2, -0.15) is 4.98 Å². The Labute approximate surface area is 173 Å². The molecule has 1 aromatic heterocycles. The molecule has 7 heteroatoms. The van der Waals surface area contributed by atoms with Crippen molar-refractivity contribution >= 4 is 23.3 Å². The minimum absolute atomic E-state index is 0.153. The molecule has 0 bridgehead atoms. The Morgan fingerprint density at radius 3 is 2.69 bits per heavy atom. The van der Waals surface area contributed by atoms with Gasteiger partial charge in [-0.25, -0.2) is 4.68 Å². The first-order valence-corrected chi connectivity index (χ1v) is 9.92. The summed E-state index contributed by atoms with van der Waals surface area (Å²) in [5.74, 6) is 2.07. The average molecular weight is 407 g/mol. The lowest BCUT2D eigenvalue weighted by Crippen LogP contribution is -2.31. The molecule has 2 aromatic carbocycles. The highest BCUT2D eigenvalue weighted by atomic mass is 35.5. The van der Waals surface area contributed by atoms with Gasteiger partial charge in [0.1, 0.15) is 11.8 Å². The fraction of sp³-hybridized carbons (Fsp3) is 0.227. The van der Waals surface area contributed by atoms with Crippen LogP contribution in [0.2, 0.25) is 5.02 Å². The normalized spacial score (nSPS) is 18.1. The summed E-state index contributed by atoms with van der Waals surface area (Å²) in [5, 5.41) is 8.68. The van der Waals surface area contributed by atoms with Crippen LogP contribution < -0.4 is 10.1 Å². The minimum Gasteiger partial charge on any atom is -0.497 e. The Hall–Kier alpha value is -3.12. The van der Waals surface area contributed by atoms with Crippen LogP contribution in [-0.2, 0) is 4.79 Å². The molecule has 3 aromatic rings. The average Bonchev–Trinajstić information content (AvgIpc) is 3.16. The number of rotatable bonds is 3. The Morgan fingerprint density at radius 2 is 1.93 bits per heavy atom. The largest absolute Gasteiger partial charge is 0.497 e. The molecule has 29 heavy (non-hydrogen) atoms. The zero-order chi connectivity index (χ0) is 20.0. The number of nitrogens with one attached hydrogen (secondary N) is 1. The fourth-order valence-electron chi connectivity index (χ4n) is 4.01. The number of anilines is 1. The smallest absolute Gasteiger partial charge is 0.226 e. The van der Waals surface area contributed by atoms with E-state index in [4.69, 9.17) is 26.4 Å². The van der Waals surface area contributed by atoms with Crippen molar-refractivity contribution in [3.8, 4) is 17.1 Å². The lowest BCUT2D eigenvalue weighted by Gasteiger charge is -2.32. The van der Waals surface area contributed by atoms with E-state index in [2.05, 4.69) is 5.32 Å². The second kappa shape index (κ2) is 7.04. The van der Waals surface area contributed by atoms with Crippen LogP contribution in [0.1, 0.15) is 30.9 Å². The molecule has 2 heterocycles. The zero-order valence-electron chi connectivity index (χ0n) is 15.9. The van der Waals surface area contributed by atoms with Crippen LogP contribution in [-0.4, -0.2) is 27.7 Å². The summed E-state index contributed by atoms with van der Waals surface area (Å²) in [7, 11) is 1.64. The van der Waals surface area contributed by atoms with Gasteiger partial charge in [0, 0.05) is 23.3 Å². The van der Waals surface area contributed by atoms with Crippen LogP contribution in [0, 0.1) is 0 Å². The van der Waals surface area contributed by atoms with Gasteiger partial charge >= 0.3 is 0 Å². The predicted molar refractivity (Wildman–Crippen MR) is 111 cm³/mol. The second-order valence-electron chi connectivity index (χ2n) is 7.15. The summed E-state index contributed by atoms with van der Waals surface area (Å²) in [6.45, 7) is 0. The van der Waals surface area contributed by atoms with Crippen molar-refractivity contribution in [3.05, 3.63) is 70.4 Å². The summed E-state index contributed by atoms with van der Waals surface area (Å²) >= 11 is 6.37. The van der Waals surface area contributed by atoms with E-state index in [1.54, 1.807) is 11.8 Å². The van der Waals surface area contributed by atoms with Gasteiger partial charge in [-0.1, -0.05) is 35.9 Å². The molecule has 1 N–H and O–H groups in total. The lowest BCUT2D eigenvalue weighted by atomic mass is 9.85. The van der Waals surface area contributed by atoms with Crippen molar-refractivity contribution in [2.45, 2.75) is 25.3 Å². The summed E-state index contributed by atoms with van der Waals surface area (Å²) in [6.07, 6.45) is 2.21. The number of benzene rings is 2. The molecule has 0 fully saturated rings. The number of carbonyl (C=O) groups is 1. The van der Waals surface area contributed by atoms with Crippen molar-refractivity contribution in [2.75, 3.05) is 12.4 Å². The van der Waals surface area contributed by atoms with Crippen molar-refractivity contribution in [1.82, 2.24) is 14.8 Å². The third-order valence-electron chi connectivity index (χ3n) is 5.41. The highest BCUT2D eigenvalue weighted by molar-refractivity contribution is 6.33. The van der Waals surface area contributed by atoms with E-state index in [-0.39, 0.29) is 11.8 Å². The Bertz CT molecular complexity index is 1130. The standard InChI is InChI=1S/C22H19ClN4O2/c1-29-14-11-9-13(10-12-14)20-19-17(7-4-8-18(19)28)24-22-25-21(26-27(20)22)15-5-2-3-6-16(15)23/h2-3,5-6,9-12,20H,4,7-8H2,1H3,(H,24,25,26)/t20-/m0/s1. The van der Waals surface area contributed by atoms with Crippen molar-refractivity contribution in [2.24, 2.45) is 0 Å². The van der Waals surface area contributed by atoms with Crippen LogP contribution in [0.4, 0.5) is 5.95 Å². The molecule has 5 rings (SSSR count). The maximum atomic E-state index is 12.9. The van der Waals surface area contributed by atoms with E-state index in [1.807, 2.05) is 48.5 Å². The fourth-order valence-corrected chi connectivity index (χ4v) is 4.23. The molecular formula is C22H19ClN4O2. The number of Topliss-reactive ketones (excluding diaryl/α,β-unsaturated/α-hetero) is 1. The SMILES string of the molecule is COc1ccc([C@H]2C3=C(CCCC3=O)Nc3nc(-c4ccccc4Cl)nn32)cc1. The molecule has 0 amide bonds. The van der Waals surface area contributed by atoms with Crippen molar-refractivity contribution in [1.29, 1.82) is 0 Å². The zero-order valence-corrected chi connectivity index (χ0v) is 16.6. The minimum atomic E-state index is -0.330. The number of carbonyl (C=O) groups excluding carboxylic acids is 1. The first-order valence-electron chi connectivity index (χ1n) is 9.54. The first-order chi connectivity index (χ1) is 14.2. The highest BCUT2D eigenvalue weighted by Gasteiger charge is 2.37. The number of halogens is 1. The van der Waals surface area contributed by atoms with Gasteiger partial charge in [0.05, 0.1) is 12.1 Å². The number of fused-ring (bicyclic) bond motifs is 1. The van der Waals surface area contributed by atoms with Gasteiger partial charge in [-0.3, -0.25) is 4.79 Å². The summed E-state index contributed by atoms with van der Waals surface area (Å²) < 4.78 is 7.08. The summed E-state index contributed by atoms with van der Waals surface area (Å²) in [6, 6.07) is 14.9. The van der Waals surface area contributed by atoms with Gasteiger partial charge in [-0.05, 0) is 42.7 Å². The van der Waals surface area contributed by atoms with Gasteiger partial charge < -0.3 is 10.1 Å². The maximum Gasteiger partial charge on any atom is 0.226 e. The second-order valence-corrected chi connectivity index (χ2v) is 7.56. The molecule has 1 aliphatic carbocycles. The molecule has 0 spiro atoms. The van der Waals surface area contributed by atoms with Crippen LogP contribution in [0.3, 0.4) is 0 Å². The van der Waals surface area contributed by atoms with Gasteiger partial charge in [0.25, 0.3) is 0 Å². The van der Waals surface area contributed by atoms with E-state index in [9.17, 15) is 4.79 Å². The number of ketones is 1. The van der Waals surface area contributed by atoms with Crippen LogP contribution in [0.25, 0.3) is 11.4 Å². The predicted octanol–water partition coefficient (Wildman–Crippen LogP) is 4.63. The molecule has 146 valence electrons. The van der Waals surface area contributed by atoms with Gasteiger partial charge in [0.15, 0.2) is 11.6 Å². The first kappa shape index (κ1) is 17.9.